The van der Waals surface area contributed by atoms with Crippen molar-refractivity contribution >= 4 is 38.6 Å². The summed E-state index contributed by atoms with van der Waals surface area (Å²) in [6.07, 6.45) is 0.531. The van der Waals surface area contributed by atoms with Gasteiger partial charge >= 0.3 is 5.97 Å². The molecule has 0 bridgehead atoms. The molecule has 0 amide bonds. The number of nitrogens with zero attached hydrogens (tertiary/aromatic N) is 3. The molecule has 0 aliphatic heterocycles. The number of ether oxygens (including phenoxy) is 2. The van der Waals surface area contributed by atoms with E-state index in [9.17, 15) is 13.2 Å². The van der Waals surface area contributed by atoms with Crippen LogP contribution in [-0.4, -0.2) is 54.5 Å². The van der Waals surface area contributed by atoms with Crippen molar-refractivity contribution < 1.29 is 22.7 Å². The summed E-state index contributed by atoms with van der Waals surface area (Å²) in [4.78, 5) is 16.9. The third-order valence-corrected chi connectivity index (χ3v) is 7.57. The lowest BCUT2D eigenvalue weighted by atomic mass is 10.3. The van der Waals surface area contributed by atoms with Crippen LogP contribution in [0, 0.1) is 0 Å². The van der Waals surface area contributed by atoms with Crippen LogP contribution < -0.4 is 4.74 Å². The zero-order chi connectivity index (χ0) is 24.0. The highest BCUT2D eigenvalue weighted by Gasteiger charge is 2.22. The van der Waals surface area contributed by atoms with Crippen LogP contribution in [0.3, 0.4) is 0 Å². The molecule has 0 radical (unpaired) electrons. The number of aryl methyl sites for hydroxylation is 2. The first-order valence-corrected chi connectivity index (χ1v) is 12.6. The largest absolute Gasteiger partial charge is 0.490 e. The number of hydrogen-bond acceptors (Lipinski definition) is 6. The van der Waals surface area contributed by atoms with Gasteiger partial charge in [0.2, 0.25) is 10.0 Å². The first-order chi connectivity index (χ1) is 15.8. The van der Waals surface area contributed by atoms with Crippen molar-refractivity contribution in [1.82, 2.24) is 13.9 Å². The molecule has 0 aliphatic carbocycles. The smallest absolute Gasteiger partial charge is 0.306 e. The highest BCUT2D eigenvalue weighted by atomic mass is 35.5. The molecule has 0 saturated heterocycles. The van der Waals surface area contributed by atoms with Gasteiger partial charge in [-0.3, -0.25) is 4.79 Å². The summed E-state index contributed by atoms with van der Waals surface area (Å²) in [5, 5.41) is 0.623. The van der Waals surface area contributed by atoms with E-state index in [-0.39, 0.29) is 30.5 Å². The molecule has 178 valence electrons. The number of rotatable bonds is 11. The third kappa shape index (κ3) is 6.04. The van der Waals surface area contributed by atoms with Gasteiger partial charge in [-0.15, -0.1) is 0 Å². The Labute approximate surface area is 199 Å². The fraction of sp³-hybridized carbons (Fsp3) is 0.391. The topological polar surface area (TPSA) is 90.7 Å². The van der Waals surface area contributed by atoms with Gasteiger partial charge in [0.25, 0.3) is 0 Å². The van der Waals surface area contributed by atoms with Crippen LogP contribution in [0.5, 0.6) is 5.75 Å². The van der Waals surface area contributed by atoms with E-state index in [1.54, 1.807) is 56.3 Å². The van der Waals surface area contributed by atoms with Gasteiger partial charge in [-0.1, -0.05) is 25.4 Å². The van der Waals surface area contributed by atoms with Gasteiger partial charge in [-0.25, -0.2) is 13.4 Å². The summed E-state index contributed by atoms with van der Waals surface area (Å²) >= 11 is 5.83. The number of carbonyl (C=O) groups is 1. The van der Waals surface area contributed by atoms with Crippen LogP contribution in [-0.2, 0) is 33.0 Å². The summed E-state index contributed by atoms with van der Waals surface area (Å²) in [6.45, 7) is 4.79. The van der Waals surface area contributed by atoms with Crippen molar-refractivity contribution in [3.8, 4) is 5.75 Å². The van der Waals surface area contributed by atoms with Crippen LogP contribution in [0.25, 0.3) is 11.0 Å². The summed E-state index contributed by atoms with van der Waals surface area (Å²) in [5.74, 6) is 0.973. The molecule has 1 aromatic heterocycles. The SMILES string of the molecule is CCN(CC)S(=O)(=O)c1ccc2c(c1)nc(CCC(=O)OCCOc1ccc(Cl)cc1)n2C. The molecule has 0 fully saturated rings. The first-order valence-electron chi connectivity index (χ1n) is 10.8. The van der Waals surface area contributed by atoms with Crippen molar-refractivity contribution in [2.45, 2.75) is 31.6 Å². The lowest BCUT2D eigenvalue weighted by Crippen LogP contribution is -2.30. The minimum Gasteiger partial charge on any atom is -0.490 e. The second-order valence-electron chi connectivity index (χ2n) is 7.35. The fourth-order valence-electron chi connectivity index (χ4n) is 3.46. The minimum absolute atomic E-state index is 0.135. The maximum absolute atomic E-state index is 12.8. The summed E-state index contributed by atoms with van der Waals surface area (Å²) < 4.78 is 39.6. The number of esters is 1. The Kier molecular flexibility index (Phi) is 8.34. The Morgan fingerprint density at radius 1 is 1.09 bits per heavy atom. The van der Waals surface area contributed by atoms with Gasteiger partial charge in [-0.2, -0.15) is 4.31 Å². The molecule has 33 heavy (non-hydrogen) atoms. The van der Waals surface area contributed by atoms with E-state index in [1.165, 1.54) is 4.31 Å². The molecule has 0 N–H and O–H groups in total. The molecule has 0 aliphatic rings. The molecule has 1 heterocycles. The van der Waals surface area contributed by atoms with Crippen molar-refractivity contribution in [1.29, 1.82) is 0 Å². The number of benzene rings is 2. The maximum atomic E-state index is 12.8. The summed E-state index contributed by atoms with van der Waals surface area (Å²) in [5.41, 5.74) is 1.37. The van der Waals surface area contributed by atoms with Gasteiger partial charge in [0.15, 0.2) is 0 Å². The molecule has 3 rings (SSSR count). The van der Waals surface area contributed by atoms with Crippen LogP contribution in [0.2, 0.25) is 5.02 Å². The van der Waals surface area contributed by atoms with Gasteiger partial charge in [0.05, 0.1) is 22.3 Å². The summed E-state index contributed by atoms with van der Waals surface area (Å²) in [7, 11) is -1.72. The molecule has 10 heteroatoms. The molecule has 0 unspecified atom stereocenters. The number of halogens is 1. The van der Waals surface area contributed by atoms with E-state index >= 15 is 0 Å². The maximum Gasteiger partial charge on any atom is 0.306 e. The zero-order valence-corrected chi connectivity index (χ0v) is 20.5. The van der Waals surface area contributed by atoms with Crippen molar-refractivity contribution in [2.24, 2.45) is 7.05 Å². The van der Waals surface area contributed by atoms with E-state index in [2.05, 4.69) is 4.98 Å². The van der Waals surface area contributed by atoms with E-state index in [0.29, 0.717) is 41.6 Å². The highest BCUT2D eigenvalue weighted by Crippen LogP contribution is 2.23. The fourth-order valence-corrected chi connectivity index (χ4v) is 5.06. The quantitative estimate of drug-likeness (QED) is 0.298. The van der Waals surface area contributed by atoms with Crippen LogP contribution in [0.1, 0.15) is 26.1 Å². The zero-order valence-electron chi connectivity index (χ0n) is 19.0. The lowest BCUT2D eigenvalue weighted by Gasteiger charge is -2.18. The normalized spacial score (nSPS) is 11.8. The second kappa shape index (κ2) is 11.0. The average Bonchev–Trinajstić information content (AvgIpc) is 3.12. The first kappa shape index (κ1) is 25.0. The average molecular weight is 494 g/mol. The van der Waals surface area contributed by atoms with E-state index in [1.807, 2.05) is 11.6 Å². The Morgan fingerprint density at radius 2 is 1.79 bits per heavy atom. The Morgan fingerprint density at radius 3 is 2.45 bits per heavy atom. The standard InChI is InChI=1S/C23H28ClN3O5S/c1-4-27(5-2)33(29,30)19-10-11-21-20(16-19)25-22(26(21)3)12-13-23(28)32-15-14-31-18-8-6-17(24)7-9-18/h6-11,16H,4-5,12-15H2,1-3H3. The molecular formula is C23H28ClN3O5S. The summed E-state index contributed by atoms with van der Waals surface area (Å²) in [6, 6.07) is 11.9. The third-order valence-electron chi connectivity index (χ3n) is 5.27. The monoisotopic (exact) mass is 493 g/mol. The van der Waals surface area contributed by atoms with E-state index in [0.717, 1.165) is 5.52 Å². The molecule has 0 saturated carbocycles. The Balaban J connectivity index is 1.57. The van der Waals surface area contributed by atoms with Crippen molar-refractivity contribution in [2.75, 3.05) is 26.3 Å². The predicted molar refractivity (Wildman–Crippen MR) is 127 cm³/mol. The van der Waals surface area contributed by atoms with Crippen LogP contribution in [0.4, 0.5) is 0 Å². The number of sulfonamides is 1. The van der Waals surface area contributed by atoms with Crippen molar-refractivity contribution in [3.63, 3.8) is 0 Å². The number of fused-ring (bicyclic) bond motifs is 1. The van der Waals surface area contributed by atoms with Gasteiger partial charge in [0, 0.05) is 31.6 Å². The van der Waals surface area contributed by atoms with Crippen LogP contribution in [0.15, 0.2) is 47.4 Å². The number of aromatic nitrogens is 2. The lowest BCUT2D eigenvalue weighted by molar-refractivity contribution is -0.144. The number of imidazole rings is 1. The van der Waals surface area contributed by atoms with E-state index in [4.69, 9.17) is 21.1 Å². The highest BCUT2D eigenvalue weighted by molar-refractivity contribution is 7.89. The molecule has 8 nitrogen and oxygen atoms in total. The molecule has 2 aromatic carbocycles. The Hall–Kier alpha value is -2.62. The molecular weight excluding hydrogens is 466 g/mol. The molecule has 0 spiro atoms. The molecule has 0 atom stereocenters. The van der Waals surface area contributed by atoms with Gasteiger partial charge in [0.1, 0.15) is 24.8 Å². The van der Waals surface area contributed by atoms with E-state index < -0.39 is 10.0 Å². The Bertz CT molecular complexity index is 1200. The van der Waals surface area contributed by atoms with Crippen LogP contribution >= 0.6 is 11.6 Å². The number of hydrogen-bond donors (Lipinski definition) is 0. The molecule has 3 aromatic rings. The number of carbonyl (C=O) groups excluding carboxylic acids is 1. The van der Waals surface area contributed by atoms with Gasteiger partial charge < -0.3 is 14.0 Å². The predicted octanol–water partition coefficient (Wildman–Crippen LogP) is 3.81. The minimum atomic E-state index is -3.57. The second-order valence-corrected chi connectivity index (χ2v) is 9.72. The van der Waals surface area contributed by atoms with Gasteiger partial charge in [-0.05, 0) is 42.5 Å². The van der Waals surface area contributed by atoms with Crippen molar-refractivity contribution in [3.05, 3.63) is 53.3 Å².